The number of allylic oxidation sites excluding steroid dienone is 2. The molecule has 0 fully saturated rings. The number of carbonyl (C=O) groups excluding carboxylic acids is 1. The van der Waals surface area contributed by atoms with Gasteiger partial charge < -0.3 is 14.7 Å². The summed E-state index contributed by atoms with van der Waals surface area (Å²) in [5.74, 6) is -1.39. The van der Waals surface area contributed by atoms with E-state index >= 15 is 0 Å². The van der Waals surface area contributed by atoms with Crippen LogP contribution in [-0.4, -0.2) is 42.1 Å². The number of carboxylic acids is 1. The van der Waals surface area contributed by atoms with Crippen molar-refractivity contribution in [3.8, 4) is 5.75 Å². The SMILES string of the molecule is CC(=Cc1sc2ccc(F)cc2[n+]1CCCC(=O)O)C=C1Oc2ccc(C(=O)c3ccccc3)cc2N1CCS(=O)(=O)O. The number of hydrogen-bond donors (Lipinski definition) is 2. The average Bonchev–Trinajstić information content (AvgIpc) is 3.47. The number of thiazole rings is 1. The maximum atomic E-state index is 14.1. The number of halogens is 1. The third-order valence-electron chi connectivity index (χ3n) is 6.77. The molecule has 0 amide bonds. The van der Waals surface area contributed by atoms with Crippen LogP contribution in [0, 0.1) is 5.82 Å². The maximum absolute atomic E-state index is 14.1. The van der Waals surface area contributed by atoms with Gasteiger partial charge in [0.25, 0.3) is 15.1 Å². The molecule has 4 aromatic rings. The van der Waals surface area contributed by atoms with Gasteiger partial charge in [-0.15, -0.1) is 0 Å². The lowest BCUT2D eigenvalue weighted by Crippen LogP contribution is -2.35. The minimum Gasteiger partial charge on any atom is -0.481 e. The van der Waals surface area contributed by atoms with Gasteiger partial charge in [0.2, 0.25) is 11.4 Å². The van der Waals surface area contributed by atoms with Crippen molar-refractivity contribution < 1.29 is 41.4 Å². The summed E-state index contributed by atoms with van der Waals surface area (Å²) >= 11 is 1.42. The molecular weight excluding hydrogens is 595 g/mol. The summed E-state index contributed by atoms with van der Waals surface area (Å²) in [6, 6.07) is 18.1. The first-order valence-electron chi connectivity index (χ1n) is 13.4. The second kappa shape index (κ2) is 12.5. The van der Waals surface area contributed by atoms with Crippen LogP contribution in [0.5, 0.6) is 5.75 Å². The molecular formula is C31H28FN2O7S2+. The first-order chi connectivity index (χ1) is 20.5. The number of anilines is 1. The van der Waals surface area contributed by atoms with Gasteiger partial charge in [-0.1, -0.05) is 41.7 Å². The third kappa shape index (κ3) is 7.16. The largest absolute Gasteiger partial charge is 0.481 e. The Hall–Kier alpha value is -4.39. The van der Waals surface area contributed by atoms with E-state index in [1.807, 2.05) is 23.6 Å². The maximum Gasteiger partial charge on any atom is 0.303 e. The van der Waals surface area contributed by atoms with Gasteiger partial charge in [0.05, 0.1) is 17.9 Å². The molecule has 0 saturated carbocycles. The Kier molecular flexibility index (Phi) is 8.71. The van der Waals surface area contributed by atoms with Crippen molar-refractivity contribution in [1.29, 1.82) is 0 Å². The van der Waals surface area contributed by atoms with Gasteiger partial charge in [0.15, 0.2) is 18.1 Å². The number of nitrogens with zero attached hydrogens (tertiary/aromatic N) is 2. The molecule has 9 nitrogen and oxygen atoms in total. The zero-order valence-electron chi connectivity index (χ0n) is 23.1. The van der Waals surface area contributed by atoms with Gasteiger partial charge in [-0.25, -0.2) is 4.39 Å². The summed E-state index contributed by atoms with van der Waals surface area (Å²) in [6.45, 7) is 2.05. The zero-order valence-corrected chi connectivity index (χ0v) is 24.7. The highest BCUT2D eigenvalue weighted by Crippen LogP contribution is 2.40. The van der Waals surface area contributed by atoms with E-state index in [1.54, 1.807) is 59.5 Å². The van der Waals surface area contributed by atoms with Crippen LogP contribution in [0.3, 0.4) is 0 Å². The Morgan fingerprint density at radius 1 is 1.07 bits per heavy atom. The second-order valence-electron chi connectivity index (χ2n) is 9.99. The molecule has 12 heteroatoms. The van der Waals surface area contributed by atoms with Crippen molar-refractivity contribution in [2.24, 2.45) is 0 Å². The van der Waals surface area contributed by atoms with Crippen LogP contribution in [0.1, 0.15) is 40.7 Å². The lowest BCUT2D eigenvalue weighted by molar-refractivity contribution is -0.669. The Bertz CT molecular complexity index is 1880. The summed E-state index contributed by atoms with van der Waals surface area (Å²) in [4.78, 5) is 25.8. The normalized spacial score (nSPS) is 14.3. The van der Waals surface area contributed by atoms with Gasteiger partial charge in [0, 0.05) is 42.3 Å². The fourth-order valence-electron chi connectivity index (χ4n) is 4.78. The number of hydrogen-bond acceptors (Lipinski definition) is 7. The van der Waals surface area contributed by atoms with Crippen LogP contribution in [0.15, 0.2) is 84.3 Å². The van der Waals surface area contributed by atoms with Crippen molar-refractivity contribution in [2.45, 2.75) is 26.3 Å². The van der Waals surface area contributed by atoms with Crippen LogP contribution in [-0.2, 0) is 21.5 Å². The topological polar surface area (TPSA) is 125 Å². The van der Waals surface area contributed by atoms with Crippen molar-refractivity contribution in [2.75, 3.05) is 17.2 Å². The molecule has 43 heavy (non-hydrogen) atoms. The quantitative estimate of drug-likeness (QED) is 0.128. The number of aromatic nitrogens is 1. The average molecular weight is 624 g/mol. The molecule has 0 atom stereocenters. The number of carbonyl (C=O) groups is 2. The van der Waals surface area contributed by atoms with Gasteiger partial charge in [-0.2, -0.15) is 13.0 Å². The highest BCUT2D eigenvalue weighted by molar-refractivity contribution is 7.85. The van der Waals surface area contributed by atoms with E-state index in [1.165, 1.54) is 23.5 Å². The van der Waals surface area contributed by atoms with Gasteiger partial charge in [-0.3, -0.25) is 14.1 Å². The summed E-state index contributed by atoms with van der Waals surface area (Å²) in [6.07, 6.45) is 3.88. The van der Waals surface area contributed by atoms with Crippen molar-refractivity contribution in [1.82, 2.24) is 0 Å². The molecule has 1 aliphatic heterocycles. The molecule has 0 radical (unpaired) electrons. The summed E-state index contributed by atoms with van der Waals surface area (Å²) in [7, 11) is -4.30. The lowest BCUT2D eigenvalue weighted by Gasteiger charge is -2.18. The molecule has 0 bridgehead atoms. The Labute approximate surface area is 251 Å². The first-order valence-corrected chi connectivity index (χ1v) is 15.8. The minimum atomic E-state index is -4.30. The zero-order chi connectivity index (χ0) is 30.7. The number of carboxylic acid groups (broad SMARTS) is 1. The van der Waals surface area contributed by atoms with E-state index in [-0.39, 0.29) is 18.7 Å². The molecule has 0 spiro atoms. The third-order valence-corrected chi connectivity index (χ3v) is 8.58. The summed E-state index contributed by atoms with van der Waals surface area (Å²) < 4.78 is 55.6. The fourth-order valence-corrected chi connectivity index (χ4v) is 6.37. The highest BCUT2D eigenvalue weighted by Gasteiger charge is 2.29. The molecule has 2 heterocycles. The van der Waals surface area contributed by atoms with Crippen LogP contribution in [0.4, 0.5) is 10.1 Å². The van der Waals surface area contributed by atoms with E-state index in [9.17, 15) is 27.0 Å². The molecule has 5 rings (SSSR count). The van der Waals surface area contributed by atoms with Crippen LogP contribution in [0.2, 0.25) is 0 Å². The fraction of sp³-hybridized carbons (Fsp3) is 0.194. The van der Waals surface area contributed by atoms with Gasteiger partial charge in [0.1, 0.15) is 10.5 Å². The predicted molar refractivity (Wildman–Crippen MR) is 161 cm³/mol. The van der Waals surface area contributed by atoms with E-state index in [0.29, 0.717) is 52.5 Å². The molecule has 1 aromatic heterocycles. The number of aliphatic carboxylic acids is 1. The number of ketones is 1. The predicted octanol–water partition coefficient (Wildman–Crippen LogP) is 5.46. The van der Waals surface area contributed by atoms with E-state index in [4.69, 9.17) is 9.84 Å². The van der Waals surface area contributed by atoms with E-state index in [0.717, 1.165) is 9.71 Å². The molecule has 0 unspecified atom stereocenters. The van der Waals surface area contributed by atoms with Crippen molar-refractivity contribution >= 4 is 55.2 Å². The van der Waals surface area contributed by atoms with Gasteiger partial charge in [-0.05, 0) is 42.8 Å². The number of fused-ring (bicyclic) bond motifs is 2. The first kappa shape index (κ1) is 30.1. The summed E-state index contributed by atoms with van der Waals surface area (Å²) in [5, 5.41) is 9.86. The number of benzene rings is 3. The number of aryl methyl sites for hydroxylation is 1. The molecule has 0 aliphatic carbocycles. The van der Waals surface area contributed by atoms with Gasteiger partial charge >= 0.3 is 5.97 Å². The Morgan fingerprint density at radius 3 is 2.56 bits per heavy atom. The molecule has 0 saturated heterocycles. The van der Waals surface area contributed by atoms with Crippen LogP contribution in [0.25, 0.3) is 16.3 Å². The Balaban J connectivity index is 1.50. The standard InChI is InChI=1S/C31H27FN2O7S2/c1-20(17-29-34(13-5-8-30(35)36)25-19-23(32)10-12-27(25)42-29)16-28-33(14-15-43(38,39)40)24-18-22(9-11-26(24)41-28)31(37)21-6-3-2-4-7-21/h2-4,6-7,9-12,16-19H,5,8,13-15H2,1H3,(H-,35,36,38,39,40)/p+1. The smallest absolute Gasteiger partial charge is 0.303 e. The van der Waals surface area contributed by atoms with Crippen molar-refractivity contribution in [3.05, 3.63) is 106 Å². The van der Waals surface area contributed by atoms with Crippen molar-refractivity contribution in [3.63, 3.8) is 0 Å². The number of ether oxygens (including phenoxy) is 1. The number of rotatable bonds is 11. The molecule has 3 aromatic carbocycles. The summed E-state index contributed by atoms with van der Waals surface area (Å²) in [5.41, 5.74) is 2.72. The lowest BCUT2D eigenvalue weighted by atomic mass is 10.0. The molecule has 2 N–H and O–H groups in total. The molecule has 222 valence electrons. The highest BCUT2D eigenvalue weighted by atomic mass is 32.2. The van der Waals surface area contributed by atoms with E-state index in [2.05, 4.69) is 0 Å². The molecule has 1 aliphatic rings. The second-order valence-corrected chi connectivity index (χ2v) is 12.6. The van der Waals surface area contributed by atoms with Crippen LogP contribution < -0.4 is 14.2 Å². The van der Waals surface area contributed by atoms with E-state index < -0.39 is 27.7 Å². The minimum absolute atomic E-state index is 0.0323. The Morgan fingerprint density at radius 2 is 1.84 bits per heavy atom. The monoisotopic (exact) mass is 623 g/mol. The van der Waals surface area contributed by atoms with Crippen LogP contribution >= 0.6 is 11.3 Å².